The van der Waals surface area contributed by atoms with Gasteiger partial charge in [-0.15, -0.1) is 0 Å². The molecule has 0 saturated carbocycles. The van der Waals surface area contributed by atoms with Crippen molar-refractivity contribution in [2.45, 2.75) is 94.0 Å². The summed E-state index contributed by atoms with van der Waals surface area (Å²) in [6.45, 7) is 17.7. The standard InChI is InChI=1S/C17H25N3O3.C3H8.2C2H6/c1-4-6-15(21)18-11-16(22)19-12(3)17(23)20-14-9-7-13(5-2)8-10-14;1-3-2;2*1-2/h7-10,12H,4-6,11H2,1-3H3,(H,18,21)(H,19,22)(H,20,23);3H2,1-2H3;2*1-2H3. The van der Waals surface area contributed by atoms with Gasteiger partial charge < -0.3 is 16.0 Å². The van der Waals surface area contributed by atoms with Crippen LogP contribution in [-0.2, 0) is 20.8 Å². The molecule has 0 aromatic heterocycles. The fourth-order valence-electron chi connectivity index (χ4n) is 1.93. The van der Waals surface area contributed by atoms with E-state index in [0.717, 1.165) is 12.8 Å². The molecule has 6 nitrogen and oxygen atoms in total. The van der Waals surface area contributed by atoms with Crippen molar-refractivity contribution in [3.63, 3.8) is 0 Å². The summed E-state index contributed by atoms with van der Waals surface area (Å²) >= 11 is 0. The van der Waals surface area contributed by atoms with Gasteiger partial charge in [-0.2, -0.15) is 0 Å². The van der Waals surface area contributed by atoms with Crippen LogP contribution < -0.4 is 16.0 Å². The molecule has 1 aromatic rings. The number of benzene rings is 1. The van der Waals surface area contributed by atoms with Gasteiger partial charge in [-0.25, -0.2) is 0 Å². The molecular formula is C24H45N3O3. The highest BCUT2D eigenvalue weighted by atomic mass is 16.2. The molecule has 3 N–H and O–H groups in total. The maximum absolute atomic E-state index is 12.0. The van der Waals surface area contributed by atoms with Crippen LogP contribution in [0, 0.1) is 0 Å². The Morgan fingerprint density at radius 3 is 1.80 bits per heavy atom. The maximum atomic E-state index is 12.0. The summed E-state index contributed by atoms with van der Waals surface area (Å²) in [5, 5.41) is 7.80. The van der Waals surface area contributed by atoms with Gasteiger partial charge in [-0.05, 0) is 37.5 Å². The van der Waals surface area contributed by atoms with E-state index in [1.54, 1.807) is 6.92 Å². The predicted octanol–water partition coefficient (Wildman–Crippen LogP) is 5.08. The van der Waals surface area contributed by atoms with E-state index in [1.807, 2.05) is 58.9 Å². The lowest BCUT2D eigenvalue weighted by Crippen LogP contribution is -2.45. The summed E-state index contributed by atoms with van der Waals surface area (Å²) in [5.74, 6) is -0.864. The van der Waals surface area contributed by atoms with Crippen molar-refractivity contribution in [2.75, 3.05) is 11.9 Å². The van der Waals surface area contributed by atoms with Crippen molar-refractivity contribution in [1.29, 1.82) is 0 Å². The smallest absolute Gasteiger partial charge is 0.246 e. The highest BCUT2D eigenvalue weighted by Gasteiger charge is 2.16. The van der Waals surface area contributed by atoms with E-state index in [0.29, 0.717) is 12.1 Å². The maximum Gasteiger partial charge on any atom is 0.246 e. The van der Waals surface area contributed by atoms with Crippen LogP contribution in [0.3, 0.4) is 0 Å². The van der Waals surface area contributed by atoms with Crippen molar-refractivity contribution in [1.82, 2.24) is 10.6 Å². The number of hydrogen-bond donors (Lipinski definition) is 3. The molecule has 0 radical (unpaired) electrons. The molecule has 1 aromatic carbocycles. The van der Waals surface area contributed by atoms with Gasteiger partial charge in [0.2, 0.25) is 17.7 Å². The number of anilines is 1. The lowest BCUT2D eigenvalue weighted by molar-refractivity contribution is -0.128. The summed E-state index contributed by atoms with van der Waals surface area (Å²) in [5.41, 5.74) is 1.87. The minimum absolute atomic E-state index is 0.123. The van der Waals surface area contributed by atoms with Crippen LogP contribution in [0.2, 0.25) is 0 Å². The molecular weight excluding hydrogens is 378 g/mol. The first-order chi connectivity index (χ1) is 14.4. The fraction of sp³-hybridized carbons (Fsp3) is 0.625. The van der Waals surface area contributed by atoms with Crippen molar-refractivity contribution >= 4 is 23.4 Å². The zero-order chi connectivity index (χ0) is 23.9. The molecule has 174 valence electrons. The van der Waals surface area contributed by atoms with Gasteiger partial charge in [0.25, 0.3) is 0 Å². The van der Waals surface area contributed by atoms with Crippen LogP contribution in [0.5, 0.6) is 0 Å². The van der Waals surface area contributed by atoms with Gasteiger partial charge in [0.05, 0.1) is 6.54 Å². The van der Waals surface area contributed by atoms with Crippen LogP contribution >= 0.6 is 0 Å². The fourth-order valence-corrected chi connectivity index (χ4v) is 1.93. The Labute approximate surface area is 184 Å². The van der Waals surface area contributed by atoms with Crippen molar-refractivity contribution in [3.05, 3.63) is 29.8 Å². The minimum Gasteiger partial charge on any atom is -0.347 e. The zero-order valence-electron chi connectivity index (χ0n) is 20.6. The third-order valence-electron chi connectivity index (χ3n) is 3.32. The summed E-state index contributed by atoms with van der Waals surface area (Å²) in [4.78, 5) is 35.0. The summed E-state index contributed by atoms with van der Waals surface area (Å²) in [6.07, 6.45) is 3.30. The lowest BCUT2D eigenvalue weighted by atomic mass is 10.1. The summed E-state index contributed by atoms with van der Waals surface area (Å²) < 4.78 is 0. The Morgan fingerprint density at radius 2 is 1.37 bits per heavy atom. The number of hydrogen-bond acceptors (Lipinski definition) is 3. The summed E-state index contributed by atoms with van der Waals surface area (Å²) in [7, 11) is 0. The van der Waals surface area contributed by atoms with Crippen molar-refractivity contribution in [3.8, 4) is 0 Å². The first kappa shape index (κ1) is 32.3. The topological polar surface area (TPSA) is 87.3 Å². The number of amides is 3. The number of carbonyl (C=O) groups excluding carboxylic acids is 3. The number of rotatable bonds is 8. The van der Waals surface area contributed by atoms with E-state index >= 15 is 0 Å². The molecule has 0 aliphatic heterocycles. The monoisotopic (exact) mass is 423 g/mol. The largest absolute Gasteiger partial charge is 0.347 e. The molecule has 1 atom stereocenters. The molecule has 0 fully saturated rings. The average Bonchev–Trinajstić information content (AvgIpc) is 2.76. The predicted molar refractivity (Wildman–Crippen MR) is 129 cm³/mol. The van der Waals surface area contributed by atoms with Gasteiger partial charge in [-0.3, -0.25) is 14.4 Å². The van der Waals surface area contributed by atoms with E-state index in [4.69, 9.17) is 0 Å². The number of carbonyl (C=O) groups is 3. The molecule has 3 amide bonds. The molecule has 0 bridgehead atoms. The van der Waals surface area contributed by atoms with E-state index in [9.17, 15) is 14.4 Å². The van der Waals surface area contributed by atoms with Gasteiger partial charge >= 0.3 is 0 Å². The average molecular weight is 424 g/mol. The molecule has 1 unspecified atom stereocenters. The van der Waals surface area contributed by atoms with E-state index in [-0.39, 0.29) is 18.4 Å². The van der Waals surface area contributed by atoms with Crippen LogP contribution in [0.25, 0.3) is 0 Å². The van der Waals surface area contributed by atoms with E-state index in [1.165, 1.54) is 12.0 Å². The van der Waals surface area contributed by atoms with Crippen molar-refractivity contribution < 1.29 is 14.4 Å². The number of aryl methyl sites for hydroxylation is 1. The molecule has 0 saturated heterocycles. The van der Waals surface area contributed by atoms with Gasteiger partial charge in [0.15, 0.2) is 0 Å². The third-order valence-corrected chi connectivity index (χ3v) is 3.32. The Kier molecular flexibility index (Phi) is 24.7. The molecule has 30 heavy (non-hydrogen) atoms. The molecule has 0 aliphatic carbocycles. The van der Waals surface area contributed by atoms with Crippen LogP contribution in [0.1, 0.15) is 87.1 Å². The van der Waals surface area contributed by atoms with Crippen LogP contribution in [0.4, 0.5) is 5.69 Å². The molecule has 6 heteroatoms. The Hall–Kier alpha value is -2.37. The minimum atomic E-state index is -0.684. The second-order valence-corrected chi connectivity index (χ2v) is 6.06. The molecule has 0 aliphatic rings. The Bertz CT molecular complexity index is 557. The highest BCUT2D eigenvalue weighted by Crippen LogP contribution is 2.10. The SMILES string of the molecule is CC.CC.CCC.CCCC(=O)NCC(=O)NC(C)C(=O)Nc1ccc(CC)cc1. The highest BCUT2D eigenvalue weighted by molar-refractivity contribution is 5.97. The number of nitrogens with one attached hydrogen (secondary N) is 3. The van der Waals surface area contributed by atoms with Crippen LogP contribution in [0.15, 0.2) is 24.3 Å². The molecule has 0 heterocycles. The van der Waals surface area contributed by atoms with Crippen LogP contribution in [-0.4, -0.2) is 30.3 Å². The quantitative estimate of drug-likeness (QED) is 0.545. The van der Waals surface area contributed by atoms with Gasteiger partial charge in [0.1, 0.15) is 6.04 Å². The first-order valence-corrected chi connectivity index (χ1v) is 11.3. The zero-order valence-corrected chi connectivity index (χ0v) is 20.6. The lowest BCUT2D eigenvalue weighted by Gasteiger charge is -2.14. The second-order valence-electron chi connectivity index (χ2n) is 6.06. The van der Waals surface area contributed by atoms with E-state index < -0.39 is 11.9 Å². The van der Waals surface area contributed by atoms with Gasteiger partial charge in [-0.1, -0.05) is 73.9 Å². The van der Waals surface area contributed by atoms with Crippen molar-refractivity contribution in [2.24, 2.45) is 0 Å². The summed E-state index contributed by atoms with van der Waals surface area (Å²) in [6, 6.07) is 6.87. The normalized spacial score (nSPS) is 9.77. The molecule has 0 spiro atoms. The molecule has 1 rings (SSSR count). The second kappa shape index (κ2) is 22.9. The Morgan fingerprint density at radius 1 is 0.867 bits per heavy atom. The van der Waals surface area contributed by atoms with E-state index in [2.05, 4.69) is 36.7 Å². The van der Waals surface area contributed by atoms with Gasteiger partial charge in [0, 0.05) is 12.1 Å². The Balaban J connectivity index is -0.000000926. The third kappa shape index (κ3) is 17.7. The first-order valence-electron chi connectivity index (χ1n) is 11.3.